The molecule has 0 atom stereocenters. The standard InChI is InChI=1S/C10H7F3N2.C2H6/c1-5-7-2-6(11)3-8(10(12)13)9(7)4-14-15-5;1-2/h2-4,10H,1H3;1-2H3. The van der Waals surface area contributed by atoms with Gasteiger partial charge in [0.1, 0.15) is 5.82 Å². The molecule has 0 spiro atoms. The first-order chi connectivity index (χ1) is 8.09. The minimum atomic E-state index is -2.72. The van der Waals surface area contributed by atoms with Crippen LogP contribution in [0, 0.1) is 12.7 Å². The minimum Gasteiger partial charge on any atom is -0.207 e. The number of rotatable bonds is 1. The van der Waals surface area contributed by atoms with E-state index in [1.54, 1.807) is 6.92 Å². The summed E-state index contributed by atoms with van der Waals surface area (Å²) in [4.78, 5) is 0. The summed E-state index contributed by atoms with van der Waals surface area (Å²) in [6.07, 6.45) is -1.49. The molecule has 0 aliphatic rings. The van der Waals surface area contributed by atoms with Crippen molar-refractivity contribution in [2.75, 3.05) is 0 Å². The van der Waals surface area contributed by atoms with Crippen LogP contribution in [0.4, 0.5) is 13.2 Å². The van der Waals surface area contributed by atoms with Gasteiger partial charge in [-0.1, -0.05) is 13.8 Å². The highest BCUT2D eigenvalue weighted by molar-refractivity contribution is 5.86. The van der Waals surface area contributed by atoms with Gasteiger partial charge >= 0.3 is 0 Å². The second-order valence-electron chi connectivity index (χ2n) is 3.19. The largest absolute Gasteiger partial charge is 0.264 e. The summed E-state index contributed by atoms with van der Waals surface area (Å²) < 4.78 is 38.2. The molecule has 0 bridgehead atoms. The third-order valence-corrected chi connectivity index (χ3v) is 2.20. The summed E-state index contributed by atoms with van der Waals surface area (Å²) in [6.45, 7) is 5.60. The van der Waals surface area contributed by atoms with Crippen molar-refractivity contribution >= 4 is 10.8 Å². The van der Waals surface area contributed by atoms with E-state index in [9.17, 15) is 13.2 Å². The van der Waals surface area contributed by atoms with Crippen molar-refractivity contribution in [3.8, 4) is 0 Å². The maximum Gasteiger partial charge on any atom is 0.264 e. The molecule has 17 heavy (non-hydrogen) atoms. The third-order valence-electron chi connectivity index (χ3n) is 2.20. The normalized spacial score (nSPS) is 10.3. The first kappa shape index (κ1) is 13.4. The Morgan fingerprint density at radius 1 is 1.12 bits per heavy atom. The molecule has 0 amide bonds. The van der Waals surface area contributed by atoms with Gasteiger partial charge in [0.25, 0.3) is 6.43 Å². The van der Waals surface area contributed by atoms with E-state index in [4.69, 9.17) is 0 Å². The third kappa shape index (κ3) is 2.72. The van der Waals surface area contributed by atoms with Crippen LogP contribution in [-0.4, -0.2) is 10.2 Å². The molecular weight excluding hydrogens is 229 g/mol. The van der Waals surface area contributed by atoms with Gasteiger partial charge in [0.2, 0.25) is 0 Å². The molecule has 2 aromatic rings. The zero-order valence-corrected chi connectivity index (χ0v) is 9.84. The van der Waals surface area contributed by atoms with Gasteiger partial charge < -0.3 is 0 Å². The molecule has 0 radical (unpaired) electrons. The minimum absolute atomic E-state index is 0.249. The number of hydrogen-bond donors (Lipinski definition) is 0. The fourth-order valence-electron chi connectivity index (χ4n) is 1.49. The second-order valence-corrected chi connectivity index (χ2v) is 3.19. The van der Waals surface area contributed by atoms with Crippen molar-refractivity contribution in [1.29, 1.82) is 0 Å². The maximum absolute atomic E-state index is 13.1. The van der Waals surface area contributed by atoms with Gasteiger partial charge in [0.05, 0.1) is 11.9 Å². The van der Waals surface area contributed by atoms with Crippen LogP contribution in [-0.2, 0) is 0 Å². The van der Waals surface area contributed by atoms with Crippen molar-refractivity contribution < 1.29 is 13.2 Å². The van der Waals surface area contributed by atoms with Gasteiger partial charge in [-0.2, -0.15) is 10.2 Å². The predicted octanol–water partition coefficient (Wildman–Crippen LogP) is 4.04. The van der Waals surface area contributed by atoms with E-state index in [-0.39, 0.29) is 10.9 Å². The van der Waals surface area contributed by atoms with Crippen LogP contribution < -0.4 is 0 Å². The molecule has 0 N–H and O–H groups in total. The quantitative estimate of drug-likeness (QED) is 0.754. The van der Waals surface area contributed by atoms with Gasteiger partial charge in [-0.25, -0.2) is 13.2 Å². The molecule has 0 fully saturated rings. The summed E-state index contributed by atoms with van der Waals surface area (Å²) >= 11 is 0. The van der Waals surface area contributed by atoms with Crippen molar-refractivity contribution in [3.05, 3.63) is 35.4 Å². The second kappa shape index (κ2) is 5.61. The summed E-state index contributed by atoms with van der Waals surface area (Å²) in [5, 5.41) is 7.89. The number of fused-ring (bicyclic) bond motifs is 1. The lowest BCUT2D eigenvalue weighted by Crippen LogP contribution is -1.94. The topological polar surface area (TPSA) is 25.8 Å². The van der Waals surface area contributed by atoms with Crippen LogP contribution in [0.3, 0.4) is 0 Å². The first-order valence-electron chi connectivity index (χ1n) is 5.29. The van der Waals surface area contributed by atoms with Crippen molar-refractivity contribution in [1.82, 2.24) is 10.2 Å². The van der Waals surface area contributed by atoms with E-state index in [0.29, 0.717) is 11.1 Å². The number of halogens is 3. The maximum atomic E-state index is 13.1. The molecule has 92 valence electrons. The lowest BCUT2D eigenvalue weighted by molar-refractivity contribution is 0.152. The summed E-state index contributed by atoms with van der Waals surface area (Å²) in [7, 11) is 0. The molecule has 0 aliphatic carbocycles. The molecule has 0 saturated heterocycles. The van der Waals surface area contributed by atoms with Crippen LogP contribution in [0.15, 0.2) is 18.3 Å². The number of nitrogens with zero attached hydrogens (tertiary/aromatic N) is 2. The number of benzene rings is 1. The zero-order chi connectivity index (χ0) is 13.0. The lowest BCUT2D eigenvalue weighted by Gasteiger charge is -2.06. The Kier molecular flexibility index (Phi) is 4.43. The predicted molar refractivity (Wildman–Crippen MR) is 60.5 cm³/mol. The van der Waals surface area contributed by atoms with Crippen LogP contribution in [0.25, 0.3) is 10.8 Å². The molecule has 2 rings (SSSR count). The Balaban J connectivity index is 0.000000686. The summed E-state index contributed by atoms with van der Waals surface area (Å²) in [5.41, 5.74) is 0.0944. The number of aryl methyl sites for hydroxylation is 1. The number of hydrogen-bond acceptors (Lipinski definition) is 2. The molecule has 0 aliphatic heterocycles. The summed E-state index contributed by atoms with van der Waals surface area (Å²) in [6, 6.07) is 2.01. The molecule has 1 heterocycles. The van der Waals surface area contributed by atoms with Crippen LogP contribution in [0.1, 0.15) is 31.5 Å². The van der Waals surface area contributed by atoms with E-state index in [2.05, 4.69) is 10.2 Å². The van der Waals surface area contributed by atoms with Crippen molar-refractivity contribution in [2.24, 2.45) is 0 Å². The highest BCUT2D eigenvalue weighted by Gasteiger charge is 2.14. The van der Waals surface area contributed by atoms with E-state index in [0.717, 1.165) is 6.07 Å². The number of aromatic nitrogens is 2. The molecular formula is C12H13F3N2. The average molecular weight is 242 g/mol. The Morgan fingerprint density at radius 3 is 2.35 bits per heavy atom. The van der Waals surface area contributed by atoms with Gasteiger partial charge in [-0.3, -0.25) is 0 Å². The van der Waals surface area contributed by atoms with E-state index < -0.39 is 12.2 Å². The molecule has 0 saturated carbocycles. The first-order valence-corrected chi connectivity index (χ1v) is 5.29. The van der Waals surface area contributed by atoms with Crippen molar-refractivity contribution in [3.63, 3.8) is 0 Å². The molecule has 1 aromatic carbocycles. The van der Waals surface area contributed by atoms with Gasteiger partial charge in [0, 0.05) is 16.3 Å². The van der Waals surface area contributed by atoms with Crippen LogP contribution in [0.5, 0.6) is 0 Å². The molecule has 0 unspecified atom stereocenters. The smallest absolute Gasteiger partial charge is 0.207 e. The monoisotopic (exact) mass is 242 g/mol. The van der Waals surface area contributed by atoms with E-state index >= 15 is 0 Å². The molecule has 5 heteroatoms. The number of alkyl halides is 2. The Bertz CT molecular complexity index is 512. The lowest BCUT2D eigenvalue weighted by atomic mass is 10.1. The van der Waals surface area contributed by atoms with Gasteiger partial charge in [-0.05, 0) is 19.1 Å². The van der Waals surface area contributed by atoms with Gasteiger partial charge in [-0.15, -0.1) is 0 Å². The van der Waals surface area contributed by atoms with Crippen LogP contribution >= 0.6 is 0 Å². The molecule has 1 aromatic heterocycles. The highest BCUT2D eigenvalue weighted by Crippen LogP contribution is 2.29. The van der Waals surface area contributed by atoms with Crippen molar-refractivity contribution in [2.45, 2.75) is 27.2 Å². The van der Waals surface area contributed by atoms with E-state index in [1.807, 2.05) is 13.8 Å². The Labute approximate surface area is 97.5 Å². The van der Waals surface area contributed by atoms with Gasteiger partial charge in [0.15, 0.2) is 0 Å². The summed E-state index contributed by atoms with van der Waals surface area (Å²) in [5.74, 6) is -0.686. The van der Waals surface area contributed by atoms with E-state index in [1.165, 1.54) is 12.3 Å². The fraction of sp³-hybridized carbons (Fsp3) is 0.333. The Hall–Kier alpha value is -1.65. The zero-order valence-electron chi connectivity index (χ0n) is 9.84. The fourth-order valence-corrected chi connectivity index (χ4v) is 1.49. The highest BCUT2D eigenvalue weighted by atomic mass is 19.3. The SMILES string of the molecule is CC.Cc1nncc2c(C(F)F)cc(F)cc12. The average Bonchev–Trinajstić information content (AvgIpc) is 2.32. The Morgan fingerprint density at radius 2 is 1.76 bits per heavy atom. The van der Waals surface area contributed by atoms with Crippen LogP contribution in [0.2, 0.25) is 0 Å². The molecule has 2 nitrogen and oxygen atoms in total.